The molecule has 5 rings (SSSR count). The van der Waals surface area contributed by atoms with Crippen LogP contribution < -0.4 is 15.5 Å². The number of amides is 2. The van der Waals surface area contributed by atoms with E-state index in [-0.39, 0.29) is 22.7 Å². The Labute approximate surface area is 207 Å². The van der Waals surface area contributed by atoms with Crippen LogP contribution in [0.5, 0.6) is 0 Å². The molecule has 172 valence electrons. The van der Waals surface area contributed by atoms with E-state index in [2.05, 4.69) is 10.6 Å². The Balaban J connectivity index is 1.31. The molecule has 1 aliphatic rings. The molecule has 4 aromatic carbocycles. The van der Waals surface area contributed by atoms with Crippen molar-refractivity contribution >= 4 is 57.1 Å². The van der Waals surface area contributed by atoms with Gasteiger partial charge in [-0.25, -0.2) is 0 Å². The van der Waals surface area contributed by atoms with Crippen LogP contribution in [0.2, 0.25) is 0 Å². The number of hydrogen-bond acceptors (Lipinski definition) is 4. The van der Waals surface area contributed by atoms with Gasteiger partial charge in [0.25, 0.3) is 11.8 Å². The summed E-state index contributed by atoms with van der Waals surface area (Å²) < 4.78 is 0. The van der Waals surface area contributed by atoms with E-state index in [1.165, 1.54) is 0 Å². The van der Waals surface area contributed by atoms with Crippen LogP contribution in [0.4, 0.5) is 11.4 Å². The zero-order valence-corrected chi connectivity index (χ0v) is 19.7. The Morgan fingerprint density at radius 3 is 2.23 bits per heavy atom. The number of rotatable bonds is 5. The van der Waals surface area contributed by atoms with Gasteiger partial charge in [-0.3, -0.25) is 19.7 Å². The molecule has 6 nitrogen and oxygen atoms in total. The minimum atomic E-state index is -0.389. The van der Waals surface area contributed by atoms with Crippen LogP contribution in [-0.2, 0) is 0 Å². The molecule has 0 fully saturated rings. The molecule has 0 atom stereocenters. The summed E-state index contributed by atoms with van der Waals surface area (Å²) in [5.74, 6) is -0.517. The molecule has 4 aromatic rings. The third-order valence-electron chi connectivity index (χ3n) is 6.02. The first kappa shape index (κ1) is 22.4. The van der Waals surface area contributed by atoms with E-state index in [1.54, 1.807) is 41.3 Å². The van der Waals surface area contributed by atoms with E-state index in [4.69, 9.17) is 12.2 Å². The van der Waals surface area contributed by atoms with Crippen LogP contribution >= 0.6 is 12.2 Å². The van der Waals surface area contributed by atoms with E-state index in [0.29, 0.717) is 34.5 Å². The summed E-state index contributed by atoms with van der Waals surface area (Å²) >= 11 is 5.38. The zero-order chi connectivity index (χ0) is 24.5. The number of carbonyl (C=O) groups is 3. The highest BCUT2D eigenvalue weighted by atomic mass is 32.1. The van der Waals surface area contributed by atoms with E-state index < -0.39 is 0 Å². The third-order valence-corrected chi connectivity index (χ3v) is 6.23. The highest BCUT2D eigenvalue weighted by molar-refractivity contribution is 7.80. The number of hydrogen-bond donors (Lipinski definition) is 2. The maximum atomic E-state index is 12.7. The molecule has 0 spiro atoms. The highest BCUT2D eigenvalue weighted by Crippen LogP contribution is 2.40. The maximum Gasteiger partial charge on any atom is 0.258 e. The predicted molar refractivity (Wildman–Crippen MR) is 141 cm³/mol. The minimum Gasteiger partial charge on any atom is -0.332 e. The number of benzene rings is 4. The number of carbonyl (C=O) groups excluding carboxylic acids is 3. The van der Waals surface area contributed by atoms with Crippen molar-refractivity contribution < 1.29 is 14.4 Å². The van der Waals surface area contributed by atoms with Crippen LogP contribution in [0, 0.1) is 0 Å². The lowest BCUT2D eigenvalue weighted by molar-refractivity contribution is 0.0973. The van der Waals surface area contributed by atoms with Crippen LogP contribution in [0.25, 0.3) is 10.8 Å². The van der Waals surface area contributed by atoms with Gasteiger partial charge in [0.1, 0.15) is 0 Å². The van der Waals surface area contributed by atoms with E-state index in [0.717, 1.165) is 16.5 Å². The van der Waals surface area contributed by atoms with Gasteiger partial charge >= 0.3 is 0 Å². The molecule has 1 heterocycles. The van der Waals surface area contributed by atoms with Crippen molar-refractivity contribution in [3.05, 3.63) is 107 Å². The lowest BCUT2D eigenvalue weighted by Gasteiger charge is -2.16. The average Bonchev–Trinajstić information content (AvgIpc) is 3.17. The van der Waals surface area contributed by atoms with Crippen molar-refractivity contribution in [1.82, 2.24) is 5.32 Å². The summed E-state index contributed by atoms with van der Waals surface area (Å²) in [6, 6.07) is 24.7. The fourth-order valence-electron chi connectivity index (χ4n) is 4.33. The molecule has 35 heavy (non-hydrogen) atoms. The van der Waals surface area contributed by atoms with Crippen molar-refractivity contribution in [2.45, 2.75) is 6.92 Å². The summed E-state index contributed by atoms with van der Waals surface area (Å²) in [6.45, 7) is 2.52. The SMILES string of the molecule is CCN1C(=O)c2cccc3c(NC(=S)NC(=O)c4ccc(C(=O)c5ccccc5)cc4)ccc1c23. The van der Waals surface area contributed by atoms with Gasteiger partial charge < -0.3 is 10.2 Å². The lowest BCUT2D eigenvalue weighted by Crippen LogP contribution is -2.34. The summed E-state index contributed by atoms with van der Waals surface area (Å²) in [4.78, 5) is 39.7. The fraction of sp³-hybridized carbons (Fsp3) is 0.0714. The lowest BCUT2D eigenvalue weighted by atomic mass is 10.0. The quantitative estimate of drug-likeness (QED) is 0.305. The second-order valence-corrected chi connectivity index (χ2v) is 8.50. The molecular weight excluding hydrogens is 458 g/mol. The Kier molecular flexibility index (Phi) is 5.84. The molecule has 0 saturated heterocycles. The van der Waals surface area contributed by atoms with Gasteiger partial charge in [0, 0.05) is 45.3 Å². The average molecular weight is 480 g/mol. The topological polar surface area (TPSA) is 78.5 Å². The van der Waals surface area contributed by atoms with Gasteiger partial charge in [0.15, 0.2) is 10.9 Å². The van der Waals surface area contributed by atoms with Crippen molar-refractivity contribution in [3.8, 4) is 0 Å². The number of ketones is 1. The number of anilines is 2. The smallest absolute Gasteiger partial charge is 0.258 e. The number of thiocarbonyl (C=S) groups is 1. The second-order valence-electron chi connectivity index (χ2n) is 8.09. The van der Waals surface area contributed by atoms with Gasteiger partial charge in [-0.05, 0) is 49.5 Å². The first-order valence-corrected chi connectivity index (χ1v) is 11.6. The monoisotopic (exact) mass is 479 g/mol. The first-order chi connectivity index (χ1) is 17.0. The third kappa shape index (κ3) is 4.06. The molecule has 0 aromatic heterocycles. The molecule has 1 aliphatic heterocycles. The first-order valence-electron chi connectivity index (χ1n) is 11.2. The predicted octanol–water partition coefficient (Wildman–Crippen LogP) is 5.18. The largest absolute Gasteiger partial charge is 0.332 e. The molecule has 0 radical (unpaired) electrons. The van der Waals surface area contributed by atoms with Crippen molar-refractivity contribution in [3.63, 3.8) is 0 Å². The Morgan fingerprint density at radius 2 is 1.51 bits per heavy atom. The molecule has 0 saturated carbocycles. The molecule has 2 N–H and O–H groups in total. The Morgan fingerprint density at radius 1 is 0.829 bits per heavy atom. The fourth-order valence-corrected chi connectivity index (χ4v) is 4.53. The van der Waals surface area contributed by atoms with Gasteiger partial charge in [-0.2, -0.15) is 0 Å². The molecule has 0 aliphatic carbocycles. The number of nitrogens with zero attached hydrogens (tertiary/aromatic N) is 1. The highest BCUT2D eigenvalue weighted by Gasteiger charge is 2.29. The maximum absolute atomic E-state index is 12.7. The van der Waals surface area contributed by atoms with E-state index >= 15 is 0 Å². The summed E-state index contributed by atoms with van der Waals surface area (Å²) in [6.07, 6.45) is 0. The molecule has 0 unspecified atom stereocenters. The molecule has 0 bridgehead atoms. The van der Waals surface area contributed by atoms with Crippen molar-refractivity contribution in [2.75, 3.05) is 16.8 Å². The summed E-state index contributed by atoms with van der Waals surface area (Å²) in [7, 11) is 0. The Bertz CT molecular complexity index is 1500. The molecular formula is C28H21N3O3S. The van der Waals surface area contributed by atoms with Gasteiger partial charge in [0.2, 0.25) is 0 Å². The van der Waals surface area contributed by atoms with Crippen molar-refractivity contribution in [1.29, 1.82) is 0 Å². The van der Waals surface area contributed by atoms with E-state index in [1.807, 2.05) is 55.5 Å². The van der Waals surface area contributed by atoms with Gasteiger partial charge in [-0.1, -0.05) is 54.6 Å². The second kappa shape index (κ2) is 9.12. The van der Waals surface area contributed by atoms with Crippen LogP contribution in [0.15, 0.2) is 84.9 Å². The molecule has 7 heteroatoms. The zero-order valence-electron chi connectivity index (χ0n) is 18.9. The summed E-state index contributed by atoms with van der Waals surface area (Å²) in [5, 5.41) is 7.62. The van der Waals surface area contributed by atoms with Gasteiger partial charge in [0.05, 0.1) is 5.69 Å². The normalized spacial score (nSPS) is 12.0. The summed E-state index contributed by atoms with van der Waals surface area (Å²) in [5.41, 5.74) is 3.69. The Hall–Kier alpha value is -4.36. The van der Waals surface area contributed by atoms with E-state index in [9.17, 15) is 14.4 Å². The molecule has 2 amide bonds. The number of nitrogens with one attached hydrogen (secondary N) is 2. The standard InChI is InChI=1S/C28H21N3O3S/c1-2-31-23-16-15-22(20-9-6-10-21(24(20)23)27(31)34)29-28(35)30-26(33)19-13-11-18(12-14-19)25(32)17-7-4-3-5-8-17/h3-16H,2H2,1H3,(H2,29,30,33,35). The minimum absolute atomic E-state index is 0.0182. The van der Waals surface area contributed by atoms with Gasteiger partial charge in [-0.15, -0.1) is 0 Å². The van der Waals surface area contributed by atoms with Crippen molar-refractivity contribution in [2.24, 2.45) is 0 Å². The van der Waals surface area contributed by atoms with Crippen LogP contribution in [0.1, 0.15) is 43.6 Å². The van der Waals surface area contributed by atoms with Crippen LogP contribution in [-0.4, -0.2) is 29.3 Å². The van der Waals surface area contributed by atoms with Crippen LogP contribution in [0.3, 0.4) is 0 Å².